The molecule has 0 spiro atoms. The van der Waals surface area contributed by atoms with E-state index in [-0.39, 0.29) is 5.82 Å². The van der Waals surface area contributed by atoms with Crippen LogP contribution in [0.3, 0.4) is 0 Å². The minimum absolute atomic E-state index is 0.287. The highest BCUT2D eigenvalue weighted by Crippen LogP contribution is 2.37. The van der Waals surface area contributed by atoms with Crippen LogP contribution in [-0.2, 0) is 11.2 Å². The number of carbonyl (C=O) groups excluding carboxylic acids is 1. The van der Waals surface area contributed by atoms with Crippen LogP contribution in [0.5, 0.6) is 0 Å². The molecular weight excluding hydrogens is 368 g/mol. The average molecular weight is 391 g/mol. The molecule has 0 saturated heterocycles. The molecule has 0 aliphatic heterocycles. The lowest BCUT2D eigenvalue weighted by Gasteiger charge is -2.13. The van der Waals surface area contributed by atoms with E-state index in [1.807, 2.05) is 38.1 Å². The van der Waals surface area contributed by atoms with Crippen molar-refractivity contribution in [2.75, 3.05) is 5.32 Å². The Hall–Kier alpha value is -3.27. The normalized spacial score (nSPS) is 15.7. The van der Waals surface area contributed by atoms with Gasteiger partial charge in [-0.05, 0) is 102 Å². The first kappa shape index (κ1) is 20.5. The molecule has 0 atom stereocenters. The van der Waals surface area contributed by atoms with Crippen LogP contribution in [0.15, 0.2) is 72.1 Å². The molecule has 0 bridgehead atoms. The zero-order valence-electron chi connectivity index (χ0n) is 16.6. The van der Waals surface area contributed by atoms with Gasteiger partial charge in [0.1, 0.15) is 11.6 Å². The summed E-state index contributed by atoms with van der Waals surface area (Å²) in [5, 5.41) is 2.70. The number of nitrogens with one attached hydrogen (secondary N) is 1. The summed E-state index contributed by atoms with van der Waals surface area (Å²) in [5.41, 5.74) is 7.06. The molecule has 0 radical (unpaired) electrons. The van der Waals surface area contributed by atoms with E-state index in [1.165, 1.54) is 18.2 Å². The van der Waals surface area contributed by atoms with Gasteiger partial charge in [0.25, 0.3) is 0 Å². The minimum Gasteiger partial charge on any atom is -0.328 e. The largest absolute Gasteiger partial charge is 0.328 e. The fourth-order valence-corrected chi connectivity index (χ4v) is 3.57. The van der Waals surface area contributed by atoms with Crippen LogP contribution in [0, 0.1) is 12.7 Å². The van der Waals surface area contributed by atoms with Gasteiger partial charge >= 0.3 is 0 Å². The summed E-state index contributed by atoms with van der Waals surface area (Å²) in [5.74, 6) is -0.687. The van der Waals surface area contributed by atoms with Crippen molar-refractivity contribution in [3.63, 3.8) is 0 Å². The van der Waals surface area contributed by atoms with Gasteiger partial charge < -0.3 is 5.32 Å². The van der Waals surface area contributed by atoms with Crippen LogP contribution in [0.4, 0.5) is 14.5 Å². The molecule has 0 unspecified atom stereocenters. The molecule has 1 aliphatic rings. The molecule has 0 fully saturated rings. The molecule has 3 rings (SSSR count). The fraction of sp³-hybridized carbons (Fsp3) is 0.160. The summed E-state index contributed by atoms with van der Waals surface area (Å²) in [6, 6.07) is 10.5. The van der Waals surface area contributed by atoms with Crippen molar-refractivity contribution >= 4 is 23.7 Å². The third-order valence-corrected chi connectivity index (χ3v) is 5.20. The first-order valence-electron chi connectivity index (χ1n) is 9.44. The Labute approximate surface area is 170 Å². The van der Waals surface area contributed by atoms with Crippen LogP contribution < -0.4 is 5.32 Å². The van der Waals surface area contributed by atoms with Gasteiger partial charge in [-0.1, -0.05) is 24.8 Å². The molecular formula is C25H23F2NO. The maximum atomic E-state index is 13.9. The highest BCUT2D eigenvalue weighted by atomic mass is 19.1. The van der Waals surface area contributed by atoms with Crippen molar-refractivity contribution in [2.45, 2.75) is 26.7 Å². The van der Waals surface area contributed by atoms with E-state index in [0.717, 1.165) is 44.7 Å². The van der Waals surface area contributed by atoms with Crippen LogP contribution in [0.1, 0.15) is 35.6 Å². The van der Waals surface area contributed by atoms with Gasteiger partial charge in [0.15, 0.2) is 0 Å². The van der Waals surface area contributed by atoms with E-state index >= 15 is 0 Å². The minimum atomic E-state index is -0.399. The third-order valence-electron chi connectivity index (χ3n) is 5.20. The highest BCUT2D eigenvalue weighted by Gasteiger charge is 2.18. The Balaban J connectivity index is 2.21. The number of benzene rings is 2. The number of anilines is 1. The summed E-state index contributed by atoms with van der Waals surface area (Å²) >= 11 is 0. The van der Waals surface area contributed by atoms with Gasteiger partial charge in [0.2, 0.25) is 6.41 Å². The summed E-state index contributed by atoms with van der Waals surface area (Å²) in [6.45, 7) is 7.35. The number of hydrogen-bond acceptors (Lipinski definition) is 1. The Morgan fingerprint density at radius 1 is 1.14 bits per heavy atom. The lowest BCUT2D eigenvalue weighted by molar-refractivity contribution is -0.105. The molecule has 29 heavy (non-hydrogen) atoms. The summed E-state index contributed by atoms with van der Waals surface area (Å²) in [4.78, 5) is 10.9. The molecule has 148 valence electrons. The van der Waals surface area contributed by atoms with Crippen molar-refractivity contribution in [3.8, 4) is 0 Å². The van der Waals surface area contributed by atoms with Crippen molar-refractivity contribution in [3.05, 3.63) is 100 Å². The average Bonchev–Trinajstić information content (AvgIpc) is 2.82. The Morgan fingerprint density at radius 3 is 2.66 bits per heavy atom. The Bertz CT molecular complexity index is 1060. The van der Waals surface area contributed by atoms with E-state index in [4.69, 9.17) is 0 Å². The molecule has 2 aromatic rings. The van der Waals surface area contributed by atoms with E-state index in [2.05, 4.69) is 11.9 Å². The lowest BCUT2D eigenvalue weighted by Crippen LogP contribution is -1.97. The van der Waals surface area contributed by atoms with E-state index < -0.39 is 5.83 Å². The van der Waals surface area contributed by atoms with Crippen molar-refractivity contribution in [1.82, 2.24) is 0 Å². The zero-order valence-corrected chi connectivity index (χ0v) is 16.6. The maximum Gasteiger partial charge on any atom is 0.211 e. The first-order chi connectivity index (χ1) is 13.9. The van der Waals surface area contributed by atoms with Gasteiger partial charge in [-0.3, -0.25) is 4.79 Å². The molecule has 2 aromatic carbocycles. The van der Waals surface area contributed by atoms with Crippen molar-refractivity contribution in [1.29, 1.82) is 0 Å². The Morgan fingerprint density at radius 2 is 1.93 bits per heavy atom. The highest BCUT2D eigenvalue weighted by molar-refractivity contribution is 5.93. The molecule has 4 heteroatoms. The van der Waals surface area contributed by atoms with Gasteiger partial charge in [-0.2, -0.15) is 0 Å². The number of allylic oxidation sites excluding steroid dienone is 6. The third kappa shape index (κ3) is 4.60. The molecule has 1 amide bonds. The van der Waals surface area contributed by atoms with Crippen molar-refractivity contribution in [2.24, 2.45) is 0 Å². The second-order valence-corrected chi connectivity index (χ2v) is 7.08. The van der Waals surface area contributed by atoms with Crippen LogP contribution >= 0.6 is 0 Å². The number of carbonyl (C=O) groups is 1. The summed E-state index contributed by atoms with van der Waals surface area (Å²) in [7, 11) is 0. The fourth-order valence-electron chi connectivity index (χ4n) is 3.57. The molecule has 0 saturated carbocycles. The van der Waals surface area contributed by atoms with E-state index in [1.54, 1.807) is 12.1 Å². The van der Waals surface area contributed by atoms with E-state index in [9.17, 15) is 13.6 Å². The van der Waals surface area contributed by atoms with Crippen LogP contribution in [0.25, 0.3) is 11.6 Å². The first-order valence-corrected chi connectivity index (χ1v) is 9.44. The lowest BCUT2D eigenvalue weighted by atomic mass is 9.92. The maximum absolute atomic E-state index is 13.9. The number of halogens is 2. The smallest absolute Gasteiger partial charge is 0.211 e. The Kier molecular flexibility index (Phi) is 6.23. The van der Waals surface area contributed by atoms with Gasteiger partial charge in [0.05, 0.1) is 0 Å². The quantitative estimate of drug-likeness (QED) is 0.455. The zero-order chi connectivity index (χ0) is 21.0. The summed E-state index contributed by atoms with van der Waals surface area (Å²) < 4.78 is 27.8. The van der Waals surface area contributed by atoms with Gasteiger partial charge in [0, 0.05) is 5.69 Å². The molecule has 0 aromatic heterocycles. The number of aryl methyl sites for hydroxylation is 2. The number of hydrogen-bond donors (Lipinski definition) is 1. The van der Waals surface area contributed by atoms with Crippen molar-refractivity contribution < 1.29 is 13.6 Å². The van der Waals surface area contributed by atoms with Gasteiger partial charge in [-0.15, -0.1) is 0 Å². The number of amides is 1. The number of rotatable bonds is 5. The molecule has 1 aliphatic carbocycles. The van der Waals surface area contributed by atoms with Crippen LogP contribution in [-0.4, -0.2) is 6.41 Å². The second kappa shape index (κ2) is 8.82. The number of fused-ring (bicyclic) bond motifs is 1. The monoisotopic (exact) mass is 391 g/mol. The SMILES string of the molecule is C=C/C(F)=C\C1=C(C)C(=C\c2ccc(C)c(NC=O)c2)/c2ccc(F)cc2CC1. The predicted molar refractivity (Wildman–Crippen MR) is 116 cm³/mol. The van der Waals surface area contributed by atoms with Crippen LogP contribution in [0.2, 0.25) is 0 Å². The van der Waals surface area contributed by atoms with E-state index in [0.29, 0.717) is 19.3 Å². The predicted octanol–water partition coefficient (Wildman–Crippen LogP) is 6.55. The standard InChI is InChI=1S/C25H23F2NO/c1-4-21(26)13-19-7-8-20-14-22(27)9-10-23(20)24(17(19)3)11-18-6-5-16(2)25(12-18)28-15-29/h4-6,9-15H,1,7-8H2,2-3H3,(H,28,29)/b21-13+,24-11+. The topological polar surface area (TPSA) is 29.1 Å². The molecule has 0 heterocycles. The summed E-state index contributed by atoms with van der Waals surface area (Å²) in [6.07, 6.45) is 6.53. The van der Waals surface area contributed by atoms with Gasteiger partial charge in [-0.25, -0.2) is 8.78 Å². The molecule has 2 nitrogen and oxygen atoms in total. The molecule has 1 N–H and O–H groups in total. The second-order valence-electron chi connectivity index (χ2n) is 7.08.